The lowest BCUT2D eigenvalue weighted by molar-refractivity contribution is 0.530. The van der Waals surface area contributed by atoms with E-state index in [-0.39, 0.29) is 5.41 Å². The minimum Gasteiger partial charge on any atom is -0.370 e. The van der Waals surface area contributed by atoms with Crippen molar-refractivity contribution in [2.24, 2.45) is 10.7 Å². The molecule has 2 rings (SSSR count). The molecule has 22 heavy (non-hydrogen) atoms. The van der Waals surface area contributed by atoms with Crippen LogP contribution in [0.2, 0.25) is 0 Å². The second-order valence-corrected chi connectivity index (χ2v) is 8.17. The Labute approximate surface area is 138 Å². The molecule has 4 nitrogen and oxygen atoms in total. The van der Waals surface area contributed by atoms with Crippen LogP contribution in [0.4, 0.5) is 0 Å². The molecule has 1 aromatic heterocycles. The number of aliphatic imine (C=N–C) groups is 1. The summed E-state index contributed by atoms with van der Waals surface area (Å²) >= 11 is 1.72. The van der Waals surface area contributed by atoms with Gasteiger partial charge in [0.15, 0.2) is 5.96 Å². The normalized spacial score (nSPS) is 18.2. The van der Waals surface area contributed by atoms with Gasteiger partial charge in [0, 0.05) is 29.8 Å². The molecular weight excluding hydrogens is 292 g/mol. The van der Waals surface area contributed by atoms with Crippen molar-refractivity contribution in [2.45, 2.75) is 77.2 Å². The van der Waals surface area contributed by atoms with Crippen molar-refractivity contribution < 1.29 is 0 Å². The molecule has 1 aliphatic carbocycles. The van der Waals surface area contributed by atoms with Gasteiger partial charge in [-0.25, -0.2) is 4.98 Å². The van der Waals surface area contributed by atoms with Crippen LogP contribution in [0, 0.1) is 0 Å². The summed E-state index contributed by atoms with van der Waals surface area (Å²) in [6.45, 7) is 7.29. The van der Waals surface area contributed by atoms with Gasteiger partial charge in [0.05, 0.1) is 10.7 Å². The van der Waals surface area contributed by atoms with E-state index in [1.807, 2.05) is 0 Å². The van der Waals surface area contributed by atoms with Crippen molar-refractivity contribution in [1.29, 1.82) is 0 Å². The molecule has 1 heterocycles. The van der Waals surface area contributed by atoms with Crippen LogP contribution in [0.3, 0.4) is 0 Å². The zero-order valence-electron chi connectivity index (χ0n) is 14.2. The second kappa shape index (κ2) is 7.95. The molecule has 0 saturated heterocycles. The van der Waals surface area contributed by atoms with Crippen molar-refractivity contribution >= 4 is 17.3 Å². The highest BCUT2D eigenvalue weighted by Gasteiger charge is 2.17. The molecule has 1 saturated carbocycles. The van der Waals surface area contributed by atoms with Crippen LogP contribution in [0.25, 0.3) is 0 Å². The zero-order chi connectivity index (χ0) is 16.0. The minimum absolute atomic E-state index is 0.123. The molecule has 0 aromatic carbocycles. The van der Waals surface area contributed by atoms with Gasteiger partial charge >= 0.3 is 0 Å². The third kappa shape index (κ3) is 5.59. The molecule has 0 unspecified atom stereocenters. The molecule has 1 fully saturated rings. The number of aromatic nitrogens is 1. The maximum Gasteiger partial charge on any atom is 0.188 e. The van der Waals surface area contributed by atoms with Gasteiger partial charge in [0.1, 0.15) is 0 Å². The van der Waals surface area contributed by atoms with E-state index in [2.05, 4.69) is 36.5 Å². The van der Waals surface area contributed by atoms with E-state index < -0.39 is 0 Å². The van der Waals surface area contributed by atoms with Gasteiger partial charge in [-0.2, -0.15) is 0 Å². The highest BCUT2D eigenvalue weighted by Crippen LogP contribution is 2.24. The van der Waals surface area contributed by atoms with Crippen LogP contribution >= 0.6 is 11.3 Å². The Morgan fingerprint density at radius 1 is 1.32 bits per heavy atom. The van der Waals surface area contributed by atoms with Gasteiger partial charge in [-0.1, -0.05) is 46.5 Å². The first kappa shape index (κ1) is 17.3. The van der Waals surface area contributed by atoms with Crippen LogP contribution in [-0.2, 0) is 11.8 Å². The smallest absolute Gasteiger partial charge is 0.188 e. The SMILES string of the molecule is CC(C)(C)c1csc(CCN=C(N)NC2CCCCCC2)n1. The number of hydrogen-bond donors (Lipinski definition) is 2. The van der Waals surface area contributed by atoms with Gasteiger partial charge in [0.25, 0.3) is 0 Å². The van der Waals surface area contributed by atoms with E-state index in [4.69, 9.17) is 10.7 Å². The van der Waals surface area contributed by atoms with Crippen LogP contribution in [-0.4, -0.2) is 23.5 Å². The molecular formula is C17H30N4S. The van der Waals surface area contributed by atoms with Crippen LogP contribution < -0.4 is 11.1 Å². The first-order valence-electron chi connectivity index (χ1n) is 8.46. The lowest BCUT2D eigenvalue weighted by atomic mass is 9.93. The molecule has 5 heteroatoms. The number of hydrogen-bond acceptors (Lipinski definition) is 3. The number of nitrogens with two attached hydrogens (primary N) is 1. The summed E-state index contributed by atoms with van der Waals surface area (Å²) in [7, 11) is 0. The summed E-state index contributed by atoms with van der Waals surface area (Å²) in [5.74, 6) is 0.597. The van der Waals surface area contributed by atoms with Crippen LogP contribution in [0.5, 0.6) is 0 Å². The van der Waals surface area contributed by atoms with Crippen molar-refractivity contribution in [2.75, 3.05) is 6.54 Å². The molecule has 0 spiro atoms. The number of guanidine groups is 1. The van der Waals surface area contributed by atoms with E-state index >= 15 is 0 Å². The lowest BCUT2D eigenvalue weighted by Gasteiger charge is -2.16. The number of rotatable bonds is 4. The summed E-state index contributed by atoms with van der Waals surface area (Å²) < 4.78 is 0. The Bertz CT molecular complexity index is 479. The molecule has 1 aromatic rings. The van der Waals surface area contributed by atoms with Crippen molar-refractivity contribution in [3.63, 3.8) is 0 Å². The Hall–Kier alpha value is -1.10. The molecule has 0 amide bonds. The van der Waals surface area contributed by atoms with Crippen LogP contribution in [0.1, 0.15) is 70.0 Å². The van der Waals surface area contributed by atoms with E-state index in [0.717, 1.165) is 11.4 Å². The number of thiazole rings is 1. The van der Waals surface area contributed by atoms with Gasteiger partial charge < -0.3 is 11.1 Å². The topological polar surface area (TPSA) is 63.3 Å². The maximum atomic E-state index is 6.02. The van der Waals surface area contributed by atoms with Crippen molar-refractivity contribution in [3.05, 3.63) is 16.1 Å². The Kier molecular flexibility index (Phi) is 6.24. The Balaban J connectivity index is 1.77. The monoisotopic (exact) mass is 322 g/mol. The highest BCUT2D eigenvalue weighted by atomic mass is 32.1. The molecule has 124 valence electrons. The summed E-state index contributed by atoms with van der Waals surface area (Å²) in [5.41, 5.74) is 7.31. The van der Waals surface area contributed by atoms with E-state index in [1.54, 1.807) is 11.3 Å². The quantitative estimate of drug-likeness (QED) is 0.506. The summed E-state index contributed by atoms with van der Waals surface area (Å²) in [6.07, 6.45) is 8.63. The fourth-order valence-electron chi connectivity index (χ4n) is 2.72. The van der Waals surface area contributed by atoms with Crippen molar-refractivity contribution in [1.82, 2.24) is 10.3 Å². The predicted octanol–water partition coefficient (Wildman–Crippen LogP) is 3.61. The van der Waals surface area contributed by atoms with Gasteiger partial charge in [0.2, 0.25) is 0 Å². The van der Waals surface area contributed by atoms with Crippen LogP contribution in [0.15, 0.2) is 10.4 Å². The van der Waals surface area contributed by atoms with Gasteiger partial charge in [-0.15, -0.1) is 11.3 Å². The predicted molar refractivity (Wildman–Crippen MR) is 95.6 cm³/mol. The standard InChI is InChI=1S/C17H30N4S/c1-17(2,3)14-12-22-15(21-14)10-11-19-16(18)20-13-8-6-4-5-7-9-13/h12-13H,4-11H2,1-3H3,(H3,18,19,20). The summed E-state index contributed by atoms with van der Waals surface area (Å²) in [6, 6.07) is 0.513. The highest BCUT2D eigenvalue weighted by molar-refractivity contribution is 7.09. The van der Waals surface area contributed by atoms with E-state index in [1.165, 1.54) is 44.2 Å². The molecule has 1 aliphatic rings. The molecule has 3 N–H and O–H groups in total. The maximum absolute atomic E-state index is 6.02. The lowest BCUT2D eigenvalue weighted by Crippen LogP contribution is -2.40. The van der Waals surface area contributed by atoms with Crippen molar-refractivity contribution in [3.8, 4) is 0 Å². The molecule has 0 radical (unpaired) electrons. The third-order valence-corrected chi connectivity index (χ3v) is 5.04. The van der Waals surface area contributed by atoms with Gasteiger partial charge in [-0.3, -0.25) is 4.99 Å². The average Bonchev–Trinajstić information content (AvgIpc) is 2.77. The number of nitrogens with zero attached hydrogens (tertiary/aromatic N) is 2. The molecule has 0 atom stereocenters. The molecule has 0 aliphatic heterocycles. The number of nitrogens with one attached hydrogen (secondary N) is 1. The Morgan fingerprint density at radius 3 is 2.59 bits per heavy atom. The largest absolute Gasteiger partial charge is 0.370 e. The minimum atomic E-state index is 0.123. The fraction of sp³-hybridized carbons (Fsp3) is 0.765. The second-order valence-electron chi connectivity index (χ2n) is 7.23. The van der Waals surface area contributed by atoms with E-state index in [9.17, 15) is 0 Å². The van der Waals surface area contributed by atoms with E-state index in [0.29, 0.717) is 18.5 Å². The fourth-order valence-corrected chi connectivity index (χ4v) is 3.73. The Morgan fingerprint density at radius 2 is 2.00 bits per heavy atom. The third-order valence-electron chi connectivity index (χ3n) is 4.14. The summed E-state index contributed by atoms with van der Waals surface area (Å²) in [4.78, 5) is 9.16. The van der Waals surface area contributed by atoms with Gasteiger partial charge in [-0.05, 0) is 12.8 Å². The summed E-state index contributed by atoms with van der Waals surface area (Å²) in [5, 5.41) is 6.69. The first-order chi connectivity index (χ1) is 10.4. The molecule has 0 bridgehead atoms. The zero-order valence-corrected chi connectivity index (χ0v) is 15.0. The average molecular weight is 323 g/mol. The first-order valence-corrected chi connectivity index (χ1v) is 9.34.